The van der Waals surface area contributed by atoms with Crippen molar-refractivity contribution < 1.29 is 23.9 Å². The molecule has 0 aliphatic heterocycles. The molecule has 0 spiro atoms. The molecule has 8 nitrogen and oxygen atoms in total. The standard InChI is InChI=1S/C25H23N3O5S/c1-15(2)12-20(29)28-24-22(19(14-34-24)16-6-4-3-5-7-16)25(32)33-13-21(30)27-18-10-8-17(9-11-18)23(26)31/h3-12,14H,13H2,1-2H3,(H2,26,31)(H,27,30)(H,28,29). The van der Waals surface area contributed by atoms with Gasteiger partial charge in [-0.25, -0.2) is 4.79 Å². The predicted octanol–water partition coefficient (Wildman–Crippen LogP) is 4.21. The number of nitrogens with two attached hydrogens (primary N) is 1. The van der Waals surface area contributed by atoms with Crippen LogP contribution in [-0.2, 0) is 14.3 Å². The summed E-state index contributed by atoms with van der Waals surface area (Å²) < 4.78 is 5.26. The van der Waals surface area contributed by atoms with Crippen molar-refractivity contribution in [2.24, 2.45) is 5.73 Å². The van der Waals surface area contributed by atoms with E-state index in [9.17, 15) is 19.2 Å². The normalized spacial score (nSPS) is 10.2. The molecule has 0 radical (unpaired) electrons. The van der Waals surface area contributed by atoms with Gasteiger partial charge in [0.2, 0.25) is 11.8 Å². The number of carbonyl (C=O) groups is 4. The van der Waals surface area contributed by atoms with E-state index >= 15 is 0 Å². The lowest BCUT2D eigenvalue weighted by atomic mass is 10.0. The van der Waals surface area contributed by atoms with Crippen LogP contribution in [0.4, 0.5) is 10.7 Å². The zero-order valence-corrected chi connectivity index (χ0v) is 19.4. The van der Waals surface area contributed by atoms with Crippen LogP contribution in [-0.4, -0.2) is 30.3 Å². The number of carbonyl (C=O) groups excluding carboxylic acids is 4. The van der Waals surface area contributed by atoms with Crippen LogP contribution >= 0.6 is 11.3 Å². The van der Waals surface area contributed by atoms with E-state index in [1.54, 1.807) is 19.2 Å². The van der Waals surface area contributed by atoms with E-state index in [4.69, 9.17) is 10.5 Å². The van der Waals surface area contributed by atoms with Crippen molar-refractivity contribution >= 4 is 45.7 Å². The molecular formula is C25H23N3O5S. The number of benzene rings is 2. The number of nitrogens with one attached hydrogen (secondary N) is 2. The lowest BCUT2D eigenvalue weighted by Gasteiger charge is -2.10. The lowest BCUT2D eigenvalue weighted by Crippen LogP contribution is -2.22. The Balaban J connectivity index is 1.75. The predicted molar refractivity (Wildman–Crippen MR) is 132 cm³/mol. The van der Waals surface area contributed by atoms with Crippen LogP contribution in [0.5, 0.6) is 0 Å². The lowest BCUT2D eigenvalue weighted by molar-refractivity contribution is -0.119. The molecule has 0 bridgehead atoms. The topological polar surface area (TPSA) is 128 Å². The Morgan fingerprint density at radius 1 is 0.971 bits per heavy atom. The highest BCUT2D eigenvalue weighted by atomic mass is 32.1. The van der Waals surface area contributed by atoms with Gasteiger partial charge in [0.15, 0.2) is 6.61 Å². The maximum Gasteiger partial charge on any atom is 0.342 e. The highest BCUT2D eigenvalue weighted by molar-refractivity contribution is 7.15. The number of amides is 3. The zero-order valence-electron chi connectivity index (χ0n) is 18.6. The third-order valence-corrected chi connectivity index (χ3v) is 5.42. The van der Waals surface area contributed by atoms with Gasteiger partial charge in [0.05, 0.1) is 0 Å². The second kappa shape index (κ2) is 11.1. The summed E-state index contributed by atoms with van der Waals surface area (Å²) >= 11 is 1.19. The molecule has 0 fully saturated rings. The van der Waals surface area contributed by atoms with Gasteiger partial charge in [-0.2, -0.15) is 0 Å². The van der Waals surface area contributed by atoms with Gasteiger partial charge in [0, 0.05) is 28.3 Å². The van der Waals surface area contributed by atoms with Gasteiger partial charge in [-0.3, -0.25) is 14.4 Å². The molecule has 2 aromatic carbocycles. The van der Waals surface area contributed by atoms with Crippen LogP contribution in [0.25, 0.3) is 11.1 Å². The molecule has 4 N–H and O–H groups in total. The van der Waals surface area contributed by atoms with Gasteiger partial charge in [0.25, 0.3) is 5.91 Å². The van der Waals surface area contributed by atoms with Crippen LogP contribution in [0.1, 0.15) is 34.6 Å². The second-order valence-electron chi connectivity index (χ2n) is 7.50. The summed E-state index contributed by atoms with van der Waals surface area (Å²) in [6.45, 7) is 3.04. The summed E-state index contributed by atoms with van der Waals surface area (Å²) in [6, 6.07) is 15.2. The van der Waals surface area contributed by atoms with E-state index in [-0.39, 0.29) is 11.5 Å². The van der Waals surface area contributed by atoms with E-state index in [0.717, 1.165) is 11.1 Å². The second-order valence-corrected chi connectivity index (χ2v) is 8.38. The molecule has 0 atom stereocenters. The molecule has 3 amide bonds. The zero-order chi connectivity index (χ0) is 24.7. The first-order chi connectivity index (χ1) is 16.2. The fourth-order valence-corrected chi connectivity index (χ4v) is 3.97. The first-order valence-electron chi connectivity index (χ1n) is 10.2. The summed E-state index contributed by atoms with van der Waals surface area (Å²) in [5.41, 5.74) is 8.26. The smallest absolute Gasteiger partial charge is 0.342 e. The molecule has 0 saturated carbocycles. The third kappa shape index (κ3) is 6.39. The van der Waals surface area contributed by atoms with Crippen molar-refractivity contribution in [3.05, 3.63) is 82.8 Å². The van der Waals surface area contributed by atoms with E-state index < -0.39 is 24.4 Å². The Hall–Kier alpha value is -4.24. The summed E-state index contributed by atoms with van der Waals surface area (Å²) in [5, 5.41) is 7.38. The molecule has 174 valence electrons. The van der Waals surface area contributed by atoms with Gasteiger partial charge >= 0.3 is 5.97 Å². The van der Waals surface area contributed by atoms with Gasteiger partial charge in [-0.1, -0.05) is 35.9 Å². The number of primary amides is 1. The highest BCUT2D eigenvalue weighted by Gasteiger charge is 2.23. The third-order valence-electron chi connectivity index (χ3n) is 4.52. The number of allylic oxidation sites excluding steroid dienone is 1. The van der Waals surface area contributed by atoms with Crippen molar-refractivity contribution in [3.8, 4) is 11.1 Å². The van der Waals surface area contributed by atoms with Crippen molar-refractivity contribution in [1.82, 2.24) is 0 Å². The summed E-state index contributed by atoms with van der Waals surface area (Å²) in [4.78, 5) is 48.7. The molecule has 0 saturated heterocycles. The Morgan fingerprint density at radius 3 is 2.26 bits per heavy atom. The fraction of sp³-hybridized carbons (Fsp3) is 0.120. The van der Waals surface area contributed by atoms with Gasteiger partial charge < -0.3 is 21.1 Å². The average Bonchev–Trinajstić information content (AvgIpc) is 3.21. The number of rotatable bonds is 8. The number of anilines is 2. The Morgan fingerprint density at radius 2 is 1.65 bits per heavy atom. The first kappa shape index (κ1) is 24.4. The largest absolute Gasteiger partial charge is 0.452 e. The number of esters is 1. The minimum atomic E-state index is -0.744. The van der Waals surface area contributed by atoms with Crippen LogP contribution in [0.2, 0.25) is 0 Å². The van der Waals surface area contributed by atoms with E-state index in [0.29, 0.717) is 21.8 Å². The van der Waals surface area contributed by atoms with Gasteiger partial charge in [-0.15, -0.1) is 11.3 Å². The molecule has 1 heterocycles. The van der Waals surface area contributed by atoms with Crippen molar-refractivity contribution in [2.45, 2.75) is 13.8 Å². The fourth-order valence-electron chi connectivity index (χ4n) is 3.01. The maximum atomic E-state index is 13.0. The number of thiophene rings is 1. The minimum Gasteiger partial charge on any atom is -0.452 e. The van der Waals surface area contributed by atoms with E-state index in [1.165, 1.54) is 41.7 Å². The van der Waals surface area contributed by atoms with Gasteiger partial charge in [-0.05, 0) is 43.7 Å². The molecule has 0 aliphatic rings. The molecular weight excluding hydrogens is 454 g/mol. The molecule has 34 heavy (non-hydrogen) atoms. The Bertz CT molecular complexity index is 1240. The van der Waals surface area contributed by atoms with Crippen LogP contribution < -0.4 is 16.4 Å². The Labute approximate surface area is 200 Å². The first-order valence-corrected chi connectivity index (χ1v) is 11.1. The van der Waals surface area contributed by atoms with Crippen molar-refractivity contribution in [2.75, 3.05) is 17.2 Å². The van der Waals surface area contributed by atoms with Crippen molar-refractivity contribution in [3.63, 3.8) is 0 Å². The molecule has 3 aromatic rings. The Kier molecular flexibility index (Phi) is 7.94. The van der Waals surface area contributed by atoms with Crippen LogP contribution in [0.15, 0.2) is 71.6 Å². The number of hydrogen-bond donors (Lipinski definition) is 3. The average molecular weight is 478 g/mol. The summed E-state index contributed by atoms with van der Waals surface area (Å²) in [5.74, 6) is -2.25. The van der Waals surface area contributed by atoms with Gasteiger partial charge in [0.1, 0.15) is 10.6 Å². The quantitative estimate of drug-likeness (QED) is 0.331. The number of hydrogen-bond acceptors (Lipinski definition) is 6. The van der Waals surface area contributed by atoms with Crippen LogP contribution in [0, 0.1) is 0 Å². The highest BCUT2D eigenvalue weighted by Crippen LogP contribution is 2.36. The van der Waals surface area contributed by atoms with E-state index in [1.807, 2.05) is 30.3 Å². The minimum absolute atomic E-state index is 0.172. The molecule has 0 unspecified atom stereocenters. The number of ether oxygens (including phenoxy) is 1. The van der Waals surface area contributed by atoms with Crippen molar-refractivity contribution in [1.29, 1.82) is 0 Å². The molecule has 9 heteroatoms. The maximum absolute atomic E-state index is 13.0. The molecule has 3 rings (SSSR count). The van der Waals surface area contributed by atoms with Crippen LogP contribution in [0.3, 0.4) is 0 Å². The molecule has 0 aliphatic carbocycles. The molecule has 1 aromatic heterocycles. The monoisotopic (exact) mass is 477 g/mol. The summed E-state index contributed by atoms with van der Waals surface area (Å²) in [7, 11) is 0. The van der Waals surface area contributed by atoms with E-state index in [2.05, 4.69) is 10.6 Å². The summed E-state index contributed by atoms with van der Waals surface area (Å²) in [6.07, 6.45) is 1.42. The SMILES string of the molecule is CC(C)=CC(=O)Nc1scc(-c2ccccc2)c1C(=O)OCC(=O)Nc1ccc(C(N)=O)cc1.